The van der Waals surface area contributed by atoms with Gasteiger partial charge in [-0.1, -0.05) is 13.8 Å². The molecule has 2 aromatic rings. The summed E-state index contributed by atoms with van der Waals surface area (Å²) < 4.78 is 1.29. The highest BCUT2D eigenvalue weighted by Crippen LogP contribution is 2.23. The number of aromatic nitrogens is 2. The van der Waals surface area contributed by atoms with Gasteiger partial charge < -0.3 is 5.11 Å². The standard InChI is InChI=1S/C13H16N2O3S/c1-4-8-6-9-11(19-8)14-7(3)15(12(9)16)10(5-2)13(17)18/h6,10H,4-5H2,1-3H3,(H,17,18). The number of hydrogen-bond donors (Lipinski definition) is 1. The Labute approximate surface area is 114 Å². The van der Waals surface area contributed by atoms with Gasteiger partial charge in [-0.05, 0) is 25.8 Å². The van der Waals surface area contributed by atoms with Crippen LogP contribution in [0.1, 0.15) is 37.0 Å². The van der Waals surface area contributed by atoms with Crippen molar-refractivity contribution in [1.82, 2.24) is 9.55 Å². The maximum Gasteiger partial charge on any atom is 0.326 e. The molecule has 2 rings (SSSR count). The number of fused-ring (bicyclic) bond motifs is 1. The van der Waals surface area contributed by atoms with Gasteiger partial charge in [-0.15, -0.1) is 11.3 Å². The lowest BCUT2D eigenvalue weighted by molar-refractivity contribution is -0.141. The van der Waals surface area contributed by atoms with E-state index < -0.39 is 12.0 Å². The quantitative estimate of drug-likeness (QED) is 0.933. The fourth-order valence-corrected chi connectivity index (χ4v) is 3.16. The van der Waals surface area contributed by atoms with Crippen molar-refractivity contribution >= 4 is 27.5 Å². The number of carboxylic acids is 1. The Morgan fingerprint density at radius 3 is 2.74 bits per heavy atom. The average molecular weight is 280 g/mol. The zero-order chi connectivity index (χ0) is 14.2. The van der Waals surface area contributed by atoms with Crippen LogP contribution in [0.15, 0.2) is 10.9 Å². The van der Waals surface area contributed by atoms with E-state index in [-0.39, 0.29) is 5.56 Å². The molecule has 0 bridgehead atoms. The molecule has 1 unspecified atom stereocenters. The maximum atomic E-state index is 12.4. The highest BCUT2D eigenvalue weighted by molar-refractivity contribution is 7.18. The molecule has 0 spiro atoms. The molecule has 5 nitrogen and oxygen atoms in total. The van der Waals surface area contributed by atoms with E-state index in [1.165, 1.54) is 15.9 Å². The van der Waals surface area contributed by atoms with E-state index in [0.717, 1.165) is 11.3 Å². The molecular formula is C13H16N2O3S. The molecule has 0 saturated carbocycles. The van der Waals surface area contributed by atoms with Crippen LogP contribution in [0.4, 0.5) is 0 Å². The van der Waals surface area contributed by atoms with Gasteiger partial charge in [0, 0.05) is 4.88 Å². The summed E-state index contributed by atoms with van der Waals surface area (Å²) in [5, 5.41) is 9.73. The third kappa shape index (κ3) is 2.28. The number of carbonyl (C=O) groups is 1. The van der Waals surface area contributed by atoms with E-state index in [2.05, 4.69) is 4.98 Å². The summed E-state index contributed by atoms with van der Waals surface area (Å²) in [7, 11) is 0. The first-order valence-corrected chi connectivity index (χ1v) is 7.05. The van der Waals surface area contributed by atoms with E-state index in [0.29, 0.717) is 22.5 Å². The predicted molar refractivity (Wildman–Crippen MR) is 75.0 cm³/mol. The Hall–Kier alpha value is -1.69. The smallest absolute Gasteiger partial charge is 0.326 e. The maximum absolute atomic E-state index is 12.4. The van der Waals surface area contributed by atoms with Gasteiger partial charge in [0.25, 0.3) is 5.56 Å². The van der Waals surface area contributed by atoms with Gasteiger partial charge in [0.15, 0.2) is 0 Å². The second kappa shape index (κ2) is 5.13. The van der Waals surface area contributed by atoms with E-state index in [9.17, 15) is 14.7 Å². The molecule has 19 heavy (non-hydrogen) atoms. The Morgan fingerprint density at radius 2 is 2.21 bits per heavy atom. The molecule has 0 saturated heterocycles. The third-order valence-corrected chi connectivity index (χ3v) is 4.33. The lowest BCUT2D eigenvalue weighted by Crippen LogP contribution is -2.31. The number of nitrogens with zero attached hydrogens (tertiary/aromatic N) is 2. The molecule has 0 aliphatic heterocycles. The topological polar surface area (TPSA) is 72.2 Å². The zero-order valence-corrected chi connectivity index (χ0v) is 12.0. The van der Waals surface area contributed by atoms with Gasteiger partial charge in [-0.2, -0.15) is 0 Å². The molecule has 0 aromatic carbocycles. The van der Waals surface area contributed by atoms with Crippen LogP contribution in [0.3, 0.4) is 0 Å². The molecule has 2 aromatic heterocycles. The van der Waals surface area contributed by atoms with Gasteiger partial charge in [0.2, 0.25) is 0 Å². The highest BCUT2D eigenvalue weighted by atomic mass is 32.1. The molecule has 0 aliphatic carbocycles. The van der Waals surface area contributed by atoms with E-state index in [4.69, 9.17) is 0 Å². The summed E-state index contributed by atoms with van der Waals surface area (Å²) in [5.74, 6) is -0.545. The Morgan fingerprint density at radius 1 is 1.53 bits per heavy atom. The van der Waals surface area contributed by atoms with Crippen LogP contribution < -0.4 is 5.56 Å². The average Bonchev–Trinajstić information content (AvgIpc) is 2.77. The fraction of sp³-hybridized carbons (Fsp3) is 0.462. The second-order valence-corrected chi connectivity index (χ2v) is 5.50. The molecule has 1 N–H and O–H groups in total. The molecule has 0 aliphatic rings. The SMILES string of the molecule is CCc1cc2c(=O)n(C(CC)C(=O)O)c(C)nc2s1. The largest absolute Gasteiger partial charge is 0.480 e. The van der Waals surface area contributed by atoms with Crippen LogP contribution in [0.5, 0.6) is 0 Å². The normalized spacial score (nSPS) is 12.8. The Kier molecular flexibility index (Phi) is 3.71. The van der Waals surface area contributed by atoms with Gasteiger partial charge in [-0.3, -0.25) is 9.36 Å². The number of hydrogen-bond acceptors (Lipinski definition) is 4. The number of aliphatic carboxylic acids is 1. The van der Waals surface area contributed by atoms with Crippen LogP contribution in [0, 0.1) is 6.92 Å². The van der Waals surface area contributed by atoms with E-state index in [1.54, 1.807) is 13.8 Å². The van der Waals surface area contributed by atoms with Gasteiger partial charge >= 0.3 is 5.97 Å². The molecule has 1 atom stereocenters. The van der Waals surface area contributed by atoms with Crippen LogP contribution in [0.25, 0.3) is 10.2 Å². The zero-order valence-electron chi connectivity index (χ0n) is 11.1. The number of thiophene rings is 1. The molecular weight excluding hydrogens is 264 g/mol. The number of rotatable bonds is 4. The molecule has 0 radical (unpaired) electrons. The molecule has 2 heterocycles. The first-order chi connectivity index (χ1) is 8.99. The molecule has 0 amide bonds. The Balaban J connectivity index is 2.74. The summed E-state index contributed by atoms with van der Waals surface area (Å²) >= 11 is 1.49. The summed E-state index contributed by atoms with van der Waals surface area (Å²) in [4.78, 5) is 29.8. The van der Waals surface area contributed by atoms with Crippen LogP contribution in [-0.2, 0) is 11.2 Å². The van der Waals surface area contributed by atoms with Crippen LogP contribution in [0.2, 0.25) is 0 Å². The number of carboxylic acid groups (broad SMARTS) is 1. The summed E-state index contributed by atoms with van der Waals surface area (Å²) in [6, 6.07) is 0.967. The first-order valence-electron chi connectivity index (χ1n) is 6.23. The van der Waals surface area contributed by atoms with Gasteiger partial charge in [0.1, 0.15) is 16.7 Å². The van der Waals surface area contributed by atoms with Crippen molar-refractivity contribution in [3.05, 3.63) is 27.1 Å². The third-order valence-electron chi connectivity index (χ3n) is 3.16. The van der Waals surface area contributed by atoms with Crippen LogP contribution >= 0.6 is 11.3 Å². The number of aryl methyl sites for hydroxylation is 2. The van der Waals surface area contributed by atoms with Crippen molar-refractivity contribution in [3.8, 4) is 0 Å². The lowest BCUT2D eigenvalue weighted by atomic mass is 10.2. The molecule has 0 fully saturated rings. The van der Waals surface area contributed by atoms with Crippen molar-refractivity contribution in [2.75, 3.05) is 0 Å². The highest BCUT2D eigenvalue weighted by Gasteiger charge is 2.22. The van der Waals surface area contributed by atoms with Crippen molar-refractivity contribution < 1.29 is 9.90 Å². The van der Waals surface area contributed by atoms with E-state index >= 15 is 0 Å². The monoisotopic (exact) mass is 280 g/mol. The fourth-order valence-electron chi connectivity index (χ4n) is 2.15. The summed E-state index contributed by atoms with van der Waals surface area (Å²) in [6.45, 7) is 5.44. The van der Waals surface area contributed by atoms with Crippen molar-refractivity contribution in [2.24, 2.45) is 0 Å². The minimum absolute atomic E-state index is 0.257. The van der Waals surface area contributed by atoms with Gasteiger partial charge in [0.05, 0.1) is 5.39 Å². The summed E-state index contributed by atoms with van der Waals surface area (Å²) in [5.41, 5.74) is -0.257. The Bertz CT molecular complexity index is 687. The predicted octanol–water partition coefficient (Wildman–Crippen LogP) is 2.36. The minimum atomic E-state index is -1.00. The lowest BCUT2D eigenvalue weighted by Gasteiger charge is -2.15. The molecule has 102 valence electrons. The van der Waals surface area contributed by atoms with Crippen molar-refractivity contribution in [2.45, 2.75) is 39.7 Å². The first kappa shape index (κ1) is 13.7. The van der Waals surface area contributed by atoms with E-state index in [1.807, 2.05) is 13.0 Å². The molecule has 6 heteroatoms. The summed E-state index contributed by atoms with van der Waals surface area (Å²) in [6.07, 6.45) is 1.20. The van der Waals surface area contributed by atoms with Crippen molar-refractivity contribution in [3.63, 3.8) is 0 Å². The van der Waals surface area contributed by atoms with Crippen LogP contribution in [-0.4, -0.2) is 20.6 Å². The van der Waals surface area contributed by atoms with Crippen molar-refractivity contribution in [1.29, 1.82) is 0 Å². The van der Waals surface area contributed by atoms with Gasteiger partial charge in [-0.25, -0.2) is 9.78 Å². The second-order valence-electron chi connectivity index (χ2n) is 4.38. The minimum Gasteiger partial charge on any atom is -0.480 e.